The number of Topliss-reactive ketones (excluding diaryl/α,β-unsaturated/α-hetero) is 1. The lowest BCUT2D eigenvalue weighted by Gasteiger charge is -2.06. The molecule has 0 unspecified atom stereocenters. The van der Waals surface area contributed by atoms with Crippen LogP contribution >= 0.6 is 23.2 Å². The van der Waals surface area contributed by atoms with E-state index in [9.17, 15) is 4.79 Å². The Morgan fingerprint density at radius 3 is 2.82 bits per heavy atom. The smallest absolute Gasteiger partial charge is 0.184 e. The lowest BCUT2D eigenvalue weighted by molar-refractivity contribution is 0.0971. The van der Waals surface area contributed by atoms with E-state index in [2.05, 4.69) is 4.98 Å². The molecule has 0 atom stereocenters. The summed E-state index contributed by atoms with van der Waals surface area (Å²) in [6.07, 6.45) is 3.41. The van der Waals surface area contributed by atoms with Crippen molar-refractivity contribution in [1.29, 1.82) is 0 Å². The zero-order chi connectivity index (χ0) is 12.4. The average molecular weight is 269 g/mol. The van der Waals surface area contributed by atoms with Crippen molar-refractivity contribution in [3.8, 4) is 0 Å². The highest BCUT2D eigenvalue weighted by atomic mass is 35.5. The number of aromatic nitrogens is 2. The van der Waals surface area contributed by atoms with E-state index >= 15 is 0 Å². The van der Waals surface area contributed by atoms with Crippen LogP contribution < -0.4 is 0 Å². The minimum atomic E-state index is -0.0846. The van der Waals surface area contributed by atoms with Gasteiger partial charge in [0, 0.05) is 23.0 Å². The lowest BCUT2D eigenvalue weighted by Crippen LogP contribution is -2.11. The summed E-state index contributed by atoms with van der Waals surface area (Å²) in [6.45, 7) is 2.05. The fraction of sp³-hybridized carbons (Fsp3) is 0.167. The minimum absolute atomic E-state index is 0.0846. The predicted molar refractivity (Wildman–Crippen MR) is 67.8 cm³/mol. The standard InChI is InChI=1S/C12H10Cl2N2O/c1-8-15-4-5-16(8)7-12(17)10-6-9(13)2-3-11(10)14/h2-6H,7H2,1H3. The van der Waals surface area contributed by atoms with Gasteiger partial charge in [-0.05, 0) is 25.1 Å². The van der Waals surface area contributed by atoms with Gasteiger partial charge in [0.2, 0.25) is 0 Å². The second-order valence-electron chi connectivity index (χ2n) is 3.65. The molecule has 2 rings (SSSR count). The predicted octanol–water partition coefficient (Wildman–Crippen LogP) is 3.38. The molecule has 0 spiro atoms. The van der Waals surface area contributed by atoms with Crippen molar-refractivity contribution >= 4 is 29.0 Å². The van der Waals surface area contributed by atoms with Gasteiger partial charge in [-0.1, -0.05) is 23.2 Å². The molecule has 0 saturated heterocycles. The maximum atomic E-state index is 12.0. The highest BCUT2D eigenvalue weighted by Gasteiger charge is 2.12. The van der Waals surface area contributed by atoms with Crippen LogP contribution in [0.5, 0.6) is 0 Å². The van der Waals surface area contributed by atoms with Crippen LogP contribution in [0.1, 0.15) is 16.2 Å². The highest BCUT2D eigenvalue weighted by molar-refractivity contribution is 6.35. The third-order valence-electron chi connectivity index (χ3n) is 2.47. The van der Waals surface area contributed by atoms with E-state index in [-0.39, 0.29) is 12.3 Å². The molecule has 0 saturated carbocycles. The van der Waals surface area contributed by atoms with Gasteiger partial charge in [0.05, 0.1) is 11.6 Å². The summed E-state index contributed by atoms with van der Waals surface area (Å²) in [7, 11) is 0. The zero-order valence-corrected chi connectivity index (χ0v) is 10.7. The maximum absolute atomic E-state index is 12.0. The van der Waals surface area contributed by atoms with E-state index in [0.29, 0.717) is 15.6 Å². The summed E-state index contributed by atoms with van der Waals surface area (Å²) < 4.78 is 1.76. The van der Waals surface area contributed by atoms with E-state index in [4.69, 9.17) is 23.2 Å². The van der Waals surface area contributed by atoms with Crippen molar-refractivity contribution in [1.82, 2.24) is 9.55 Å². The largest absolute Gasteiger partial charge is 0.327 e. The van der Waals surface area contributed by atoms with Crippen LogP contribution in [0.3, 0.4) is 0 Å². The van der Waals surface area contributed by atoms with Crippen molar-refractivity contribution in [3.63, 3.8) is 0 Å². The summed E-state index contributed by atoms with van der Waals surface area (Å²) in [5.74, 6) is 0.704. The molecule has 0 amide bonds. The van der Waals surface area contributed by atoms with Crippen molar-refractivity contribution < 1.29 is 4.79 Å². The van der Waals surface area contributed by atoms with Gasteiger partial charge in [-0.2, -0.15) is 0 Å². The first-order valence-corrected chi connectivity index (χ1v) is 5.79. The van der Waals surface area contributed by atoms with Gasteiger partial charge in [0.1, 0.15) is 5.82 Å². The number of imidazole rings is 1. The SMILES string of the molecule is Cc1nccn1CC(=O)c1cc(Cl)ccc1Cl. The summed E-state index contributed by atoms with van der Waals surface area (Å²) in [6, 6.07) is 4.86. The number of carbonyl (C=O) groups excluding carboxylic acids is 1. The molecule has 88 valence electrons. The first-order chi connectivity index (χ1) is 8.08. The van der Waals surface area contributed by atoms with Crippen LogP contribution in [0.15, 0.2) is 30.6 Å². The number of nitrogens with zero attached hydrogens (tertiary/aromatic N) is 2. The summed E-state index contributed by atoms with van der Waals surface area (Å²) >= 11 is 11.8. The Hall–Kier alpha value is -1.32. The van der Waals surface area contributed by atoms with Crippen molar-refractivity contribution in [2.45, 2.75) is 13.5 Å². The number of aryl methyl sites for hydroxylation is 1. The van der Waals surface area contributed by atoms with Crippen LogP contribution in [-0.2, 0) is 6.54 Å². The van der Waals surface area contributed by atoms with Gasteiger partial charge in [0.15, 0.2) is 5.78 Å². The van der Waals surface area contributed by atoms with Gasteiger partial charge < -0.3 is 4.57 Å². The van der Waals surface area contributed by atoms with E-state index in [1.165, 1.54) is 0 Å². The number of benzene rings is 1. The van der Waals surface area contributed by atoms with Crippen molar-refractivity contribution in [2.24, 2.45) is 0 Å². The molecule has 1 aromatic carbocycles. The van der Waals surface area contributed by atoms with Crippen LogP contribution in [0.4, 0.5) is 0 Å². The zero-order valence-electron chi connectivity index (χ0n) is 9.15. The fourth-order valence-corrected chi connectivity index (χ4v) is 1.92. The molecule has 0 aliphatic rings. The highest BCUT2D eigenvalue weighted by Crippen LogP contribution is 2.21. The number of hydrogen-bond donors (Lipinski definition) is 0. The number of halogens is 2. The van der Waals surface area contributed by atoms with Crippen molar-refractivity contribution in [2.75, 3.05) is 0 Å². The number of carbonyl (C=O) groups is 1. The van der Waals surface area contributed by atoms with E-state index in [1.807, 2.05) is 6.92 Å². The third-order valence-corrected chi connectivity index (χ3v) is 3.03. The average Bonchev–Trinajstić information content (AvgIpc) is 2.68. The van der Waals surface area contributed by atoms with E-state index in [0.717, 1.165) is 5.82 Å². The second kappa shape index (κ2) is 4.90. The van der Waals surface area contributed by atoms with E-state index < -0.39 is 0 Å². The summed E-state index contributed by atoms with van der Waals surface area (Å²) in [4.78, 5) is 16.1. The summed E-state index contributed by atoms with van der Waals surface area (Å²) in [5, 5.41) is 0.914. The normalized spacial score (nSPS) is 10.5. The second-order valence-corrected chi connectivity index (χ2v) is 4.49. The Bertz CT molecular complexity index is 563. The molecule has 0 aliphatic heterocycles. The van der Waals surface area contributed by atoms with E-state index in [1.54, 1.807) is 35.2 Å². The molecule has 17 heavy (non-hydrogen) atoms. The van der Waals surface area contributed by atoms with Crippen LogP contribution in [0.25, 0.3) is 0 Å². The monoisotopic (exact) mass is 268 g/mol. The Morgan fingerprint density at radius 1 is 1.41 bits per heavy atom. The molecule has 3 nitrogen and oxygen atoms in total. The first-order valence-electron chi connectivity index (χ1n) is 5.04. The molecule has 0 radical (unpaired) electrons. The molecule has 0 bridgehead atoms. The molecular weight excluding hydrogens is 259 g/mol. The molecule has 0 aliphatic carbocycles. The molecule has 0 N–H and O–H groups in total. The number of hydrogen-bond acceptors (Lipinski definition) is 2. The van der Waals surface area contributed by atoms with Crippen molar-refractivity contribution in [3.05, 3.63) is 52.0 Å². The Balaban J connectivity index is 2.26. The Morgan fingerprint density at radius 2 is 2.18 bits per heavy atom. The topological polar surface area (TPSA) is 34.9 Å². The quantitative estimate of drug-likeness (QED) is 0.800. The Labute approximate surface area is 109 Å². The first kappa shape index (κ1) is 12.1. The van der Waals surface area contributed by atoms with Crippen LogP contribution in [0.2, 0.25) is 10.0 Å². The molecule has 2 aromatic rings. The van der Waals surface area contributed by atoms with Gasteiger partial charge in [-0.25, -0.2) is 4.98 Å². The van der Waals surface area contributed by atoms with Gasteiger partial charge in [-0.15, -0.1) is 0 Å². The third kappa shape index (κ3) is 2.68. The Kier molecular flexibility index (Phi) is 3.50. The number of ketones is 1. The lowest BCUT2D eigenvalue weighted by atomic mass is 10.1. The molecule has 0 fully saturated rings. The molecule has 5 heteroatoms. The minimum Gasteiger partial charge on any atom is -0.327 e. The fourth-order valence-electron chi connectivity index (χ4n) is 1.52. The van der Waals surface area contributed by atoms with Gasteiger partial charge in [0.25, 0.3) is 0 Å². The van der Waals surface area contributed by atoms with Gasteiger partial charge >= 0.3 is 0 Å². The molecule has 1 heterocycles. The van der Waals surface area contributed by atoms with Crippen LogP contribution in [0, 0.1) is 6.92 Å². The van der Waals surface area contributed by atoms with Crippen LogP contribution in [-0.4, -0.2) is 15.3 Å². The molecule has 1 aromatic heterocycles. The summed E-state index contributed by atoms with van der Waals surface area (Å²) in [5.41, 5.74) is 0.437. The number of rotatable bonds is 3. The molecular formula is C12H10Cl2N2O. The maximum Gasteiger partial charge on any atom is 0.184 e. The van der Waals surface area contributed by atoms with Gasteiger partial charge in [-0.3, -0.25) is 4.79 Å².